The quantitative estimate of drug-likeness (QED) is 0.656. The first-order valence-corrected chi connectivity index (χ1v) is 7.05. The highest BCUT2D eigenvalue weighted by atomic mass is 35.5. The summed E-state index contributed by atoms with van der Waals surface area (Å²) < 4.78 is 2.13. The van der Waals surface area contributed by atoms with Gasteiger partial charge in [-0.05, 0) is 38.5 Å². The molecule has 4 heteroatoms. The van der Waals surface area contributed by atoms with E-state index in [1.165, 1.54) is 11.1 Å². The summed E-state index contributed by atoms with van der Waals surface area (Å²) in [5.41, 5.74) is 5.48. The van der Waals surface area contributed by atoms with Crippen LogP contribution in [0.15, 0.2) is 36.7 Å². The standard InChI is InChI=1S/C16H16ClN3/c1-10-4-5-14(11(2)8-10)20-15-6-7-18-9-13(15)19-16(20)12(3)17/h4-9,12H,1-3H3. The topological polar surface area (TPSA) is 30.7 Å². The van der Waals surface area contributed by atoms with Gasteiger partial charge >= 0.3 is 0 Å². The van der Waals surface area contributed by atoms with Gasteiger partial charge in [0.15, 0.2) is 0 Å². The van der Waals surface area contributed by atoms with Crippen molar-refractivity contribution in [3.63, 3.8) is 0 Å². The van der Waals surface area contributed by atoms with Gasteiger partial charge in [0.1, 0.15) is 11.3 Å². The molecule has 20 heavy (non-hydrogen) atoms. The van der Waals surface area contributed by atoms with Crippen LogP contribution in [0.5, 0.6) is 0 Å². The van der Waals surface area contributed by atoms with Crippen molar-refractivity contribution in [3.05, 3.63) is 53.6 Å². The van der Waals surface area contributed by atoms with E-state index >= 15 is 0 Å². The Kier molecular flexibility index (Phi) is 3.22. The molecule has 0 amide bonds. The number of fused-ring (bicyclic) bond motifs is 1. The molecule has 0 aliphatic heterocycles. The first-order valence-electron chi connectivity index (χ1n) is 6.62. The van der Waals surface area contributed by atoms with Crippen LogP contribution in [-0.2, 0) is 0 Å². The van der Waals surface area contributed by atoms with Gasteiger partial charge in [0.2, 0.25) is 0 Å². The highest BCUT2D eigenvalue weighted by molar-refractivity contribution is 6.20. The van der Waals surface area contributed by atoms with E-state index in [2.05, 4.69) is 46.6 Å². The van der Waals surface area contributed by atoms with Crippen LogP contribution in [0.4, 0.5) is 0 Å². The predicted molar refractivity (Wildman–Crippen MR) is 82.6 cm³/mol. The van der Waals surface area contributed by atoms with E-state index in [-0.39, 0.29) is 5.38 Å². The summed E-state index contributed by atoms with van der Waals surface area (Å²) in [5, 5.41) is -0.164. The van der Waals surface area contributed by atoms with Crippen molar-refractivity contribution < 1.29 is 0 Å². The zero-order chi connectivity index (χ0) is 14.3. The molecular weight excluding hydrogens is 270 g/mol. The molecule has 3 rings (SSSR count). The molecule has 3 nitrogen and oxygen atoms in total. The fourth-order valence-corrected chi connectivity index (χ4v) is 2.67. The number of alkyl halides is 1. The van der Waals surface area contributed by atoms with Crippen LogP contribution >= 0.6 is 11.6 Å². The molecule has 0 radical (unpaired) electrons. The number of hydrogen-bond donors (Lipinski definition) is 0. The first-order chi connectivity index (χ1) is 9.58. The Morgan fingerprint density at radius 2 is 2.00 bits per heavy atom. The molecule has 2 aromatic heterocycles. The normalized spacial score (nSPS) is 12.8. The lowest BCUT2D eigenvalue weighted by Crippen LogP contribution is -2.04. The van der Waals surface area contributed by atoms with Crippen molar-refractivity contribution in [1.82, 2.24) is 14.5 Å². The molecule has 0 N–H and O–H groups in total. The maximum absolute atomic E-state index is 6.31. The molecule has 0 saturated heterocycles. The fourth-order valence-electron chi connectivity index (χ4n) is 2.53. The first kappa shape index (κ1) is 13.1. The minimum atomic E-state index is -0.164. The minimum Gasteiger partial charge on any atom is -0.295 e. The molecule has 1 aromatic carbocycles. The minimum absolute atomic E-state index is 0.164. The Hall–Kier alpha value is -1.87. The third kappa shape index (κ3) is 2.08. The predicted octanol–water partition coefficient (Wildman–Crippen LogP) is 4.34. The highest BCUT2D eigenvalue weighted by Gasteiger charge is 2.17. The van der Waals surface area contributed by atoms with Crippen molar-refractivity contribution in [1.29, 1.82) is 0 Å². The maximum Gasteiger partial charge on any atom is 0.132 e. The molecule has 0 aliphatic rings. The Morgan fingerprint density at radius 1 is 1.20 bits per heavy atom. The zero-order valence-electron chi connectivity index (χ0n) is 11.8. The lowest BCUT2D eigenvalue weighted by atomic mass is 10.1. The summed E-state index contributed by atoms with van der Waals surface area (Å²) in [6, 6.07) is 8.38. The molecule has 0 aliphatic carbocycles. The Bertz CT molecular complexity index is 774. The number of imidazole rings is 1. The number of pyridine rings is 1. The number of aryl methyl sites for hydroxylation is 2. The van der Waals surface area contributed by atoms with Gasteiger partial charge in [0.05, 0.1) is 22.8 Å². The van der Waals surface area contributed by atoms with E-state index < -0.39 is 0 Å². The number of hydrogen-bond acceptors (Lipinski definition) is 2. The van der Waals surface area contributed by atoms with Gasteiger partial charge in [-0.15, -0.1) is 11.6 Å². The SMILES string of the molecule is Cc1ccc(-n2c(C(C)Cl)nc3cnccc32)c(C)c1. The number of rotatable bonds is 2. The van der Waals surface area contributed by atoms with Crippen molar-refractivity contribution >= 4 is 22.6 Å². The van der Waals surface area contributed by atoms with Crippen molar-refractivity contribution in [3.8, 4) is 5.69 Å². The van der Waals surface area contributed by atoms with E-state index in [1.807, 2.05) is 13.0 Å². The summed E-state index contributed by atoms with van der Waals surface area (Å²) in [6.07, 6.45) is 3.56. The van der Waals surface area contributed by atoms with E-state index in [1.54, 1.807) is 12.4 Å². The van der Waals surface area contributed by atoms with Gasteiger partial charge < -0.3 is 0 Å². The molecular formula is C16H16ClN3. The molecule has 1 unspecified atom stereocenters. The molecule has 0 spiro atoms. The summed E-state index contributed by atoms with van der Waals surface area (Å²) in [7, 11) is 0. The van der Waals surface area contributed by atoms with Crippen LogP contribution in [0.3, 0.4) is 0 Å². The highest BCUT2D eigenvalue weighted by Crippen LogP contribution is 2.29. The Balaban J connectivity index is 2.36. The van der Waals surface area contributed by atoms with Gasteiger partial charge in [0, 0.05) is 6.20 Å². The average Bonchev–Trinajstić information content (AvgIpc) is 2.78. The molecule has 2 heterocycles. The van der Waals surface area contributed by atoms with Crippen LogP contribution in [0.25, 0.3) is 16.7 Å². The van der Waals surface area contributed by atoms with Crippen molar-refractivity contribution in [2.75, 3.05) is 0 Å². The monoisotopic (exact) mass is 285 g/mol. The summed E-state index contributed by atoms with van der Waals surface area (Å²) in [4.78, 5) is 8.76. The second-order valence-electron chi connectivity index (χ2n) is 5.08. The van der Waals surface area contributed by atoms with Gasteiger partial charge in [-0.3, -0.25) is 9.55 Å². The molecule has 0 saturated carbocycles. The summed E-state index contributed by atoms with van der Waals surface area (Å²) >= 11 is 6.31. The van der Waals surface area contributed by atoms with Crippen molar-refractivity contribution in [2.45, 2.75) is 26.1 Å². The van der Waals surface area contributed by atoms with E-state index in [0.717, 1.165) is 22.5 Å². The number of nitrogens with zero attached hydrogens (tertiary/aromatic N) is 3. The van der Waals surface area contributed by atoms with E-state index in [4.69, 9.17) is 11.6 Å². The van der Waals surface area contributed by atoms with Crippen LogP contribution < -0.4 is 0 Å². The lowest BCUT2D eigenvalue weighted by molar-refractivity contribution is 0.878. The third-order valence-electron chi connectivity index (χ3n) is 3.43. The Labute approximate surface area is 123 Å². The van der Waals surface area contributed by atoms with E-state index in [9.17, 15) is 0 Å². The molecule has 102 valence electrons. The number of halogens is 1. The molecule has 0 bridgehead atoms. The summed E-state index contributed by atoms with van der Waals surface area (Å²) in [5.74, 6) is 0.849. The fraction of sp³-hybridized carbons (Fsp3) is 0.250. The van der Waals surface area contributed by atoms with Gasteiger partial charge in [-0.25, -0.2) is 4.98 Å². The van der Waals surface area contributed by atoms with Gasteiger partial charge in [0.25, 0.3) is 0 Å². The summed E-state index contributed by atoms with van der Waals surface area (Å²) in [6.45, 7) is 6.14. The number of benzene rings is 1. The van der Waals surface area contributed by atoms with Crippen LogP contribution in [-0.4, -0.2) is 14.5 Å². The number of aromatic nitrogens is 3. The molecule has 0 fully saturated rings. The van der Waals surface area contributed by atoms with Crippen molar-refractivity contribution in [2.24, 2.45) is 0 Å². The van der Waals surface area contributed by atoms with Crippen LogP contribution in [0, 0.1) is 13.8 Å². The largest absolute Gasteiger partial charge is 0.295 e. The second-order valence-corrected chi connectivity index (χ2v) is 5.73. The average molecular weight is 286 g/mol. The second kappa shape index (κ2) is 4.91. The smallest absolute Gasteiger partial charge is 0.132 e. The van der Waals surface area contributed by atoms with E-state index in [0.29, 0.717) is 0 Å². The van der Waals surface area contributed by atoms with Crippen LogP contribution in [0.2, 0.25) is 0 Å². The lowest BCUT2D eigenvalue weighted by Gasteiger charge is -2.13. The van der Waals surface area contributed by atoms with Gasteiger partial charge in [-0.1, -0.05) is 17.7 Å². The van der Waals surface area contributed by atoms with Gasteiger partial charge in [-0.2, -0.15) is 0 Å². The maximum atomic E-state index is 6.31. The molecule has 1 atom stereocenters. The third-order valence-corrected chi connectivity index (χ3v) is 3.63. The van der Waals surface area contributed by atoms with Crippen LogP contribution in [0.1, 0.15) is 29.3 Å². The zero-order valence-corrected chi connectivity index (χ0v) is 12.5. The Morgan fingerprint density at radius 3 is 2.70 bits per heavy atom. The molecule has 3 aromatic rings.